The van der Waals surface area contributed by atoms with Gasteiger partial charge in [0.15, 0.2) is 5.96 Å². The van der Waals surface area contributed by atoms with Crippen LogP contribution >= 0.6 is 0 Å². The van der Waals surface area contributed by atoms with Gasteiger partial charge in [-0.2, -0.15) is 0 Å². The molecule has 30 heavy (non-hydrogen) atoms. The van der Waals surface area contributed by atoms with Crippen LogP contribution in [0.2, 0.25) is 0 Å². The molecule has 0 saturated carbocycles. The summed E-state index contributed by atoms with van der Waals surface area (Å²) in [6.45, 7) is 6.28. The maximum Gasteiger partial charge on any atom is 0.253 e. The molecule has 0 atom stereocenters. The lowest BCUT2D eigenvalue weighted by atomic mass is 10.1. The third-order valence-corrected chi connectivity index (χ3v) is 4.36. The van der Waals surface area contributed by atoms with E-state index in [1.165, 1.54) is 0 Å². The largest absolute Gasteiger partial charge is 0.357 e. The highest BCUT2D eigenvalue weighted by Crippen LogP contribution is 2.08. The Morgan fingerprint density at radius 3 is 2.20 bits per heavy atom. The highest BCUT2D eigenvalue weighted by atomic mass is 16.2. The van der Waals surface area contributed by atoms with Gasteiger partial charge in [0.2, 0.25) is 0 Å². The third kappa shape index (κ3) is 6.92. The van der Waals surface area contributed by atoms with Crippen molar-refractivity contribution < 1.29 is 9.59 Å². The van der Waals surface area contributed by atoms with E-state index in [0.29, 0.717) is 36.7 Å². The van der Waals surface area contributed by atoms with Gasteiger partial charge in [-0.25, -0.2) is 4.99 Å². The van der Waals surface area contributed by atoms with Gasteiger partial charge in [-0.05, 0) is 49.2 Å². The highest BCUT2D eigenvalue weighted by molar-refractivity contribution is 5.94. The molecule has 2 aromatic rings. The summed E-state index contributed by atoms with van der Waals surface area (Å²) in [6.07, 6.45) is 0. The Morgan fingerprint density at radius 2 is 1.57 bits per heavy atom. The Morgan fingerprint density at radius 1 is 0.867 bits per heavy atom. The maximum absolute atomic E-state index is 12.0. The molecule has 0 bridgehead atoms. The predicted molar refractivity (Wildman–Crippen MR) is 121 cm³/mol. The minimum atomic E-state index is -0.0791. The normalized spacial score (nSPS) is 11.0. The Kier molecular flexibility index (Phi) is 8.87. The molecule has 160 valence electrons. The SMILES string of the molecule is CCNC(=O)c1cccc(CN=C(NCC)NCc2ccc(C(=O)N(C)C)cc2)c1. The molecule has 7 heteroatoms. The number of benzene rings is 2. The first-order valence-corrected chi connectivity index (χ1v) is 10.1. The maximum atomic E-state index is 12.0. The Bertz CT molecular complexity index is 875. The van der Waals surface area contributed by atoms with Crippen LogP contribution in [0, 0.1) is 0 Å². The molecule has 0 radical (unpaired) electrons. The molecule has 7 nitrogen and oxygen atoms in total. The van der Waals surface area contributed by atoms with E-state index in [1.54, 1.807) is 25.1 Å². The number of nitrogens with zero attached hydrogens (tertiary/aromatic N) is 2. The van der Waals surface area contributed by atoms with Crippen molar-refractivity contribution >= 4 is 17.8 Å². The molecule has 2 rings (SSSR count). The van der Waals surface area contributed by atoms with Crippen LogP contribution in [0.5, 0.6) is 0 Å². The summed E-state index contributed by atoms with van der Waals surface area (Å²) in [4.78, 5) is 30.2. The average Bonchev–Trinajstić information content (AvgIpc) is 2.76. The topological polar surface area (TPSA) is 85.8 Å². The number of hydrogen-bond donors (Lipinski definition) is 3. The van der Waals surface area contributed by atoms with E-state index < -0.39 is 0 Å². The highest BCUT2D eigenvalue weighted by Gasteiger charge is 2.08. The van der Waals surface area contributed by atoms with E-state index in [-0.39, 0.29) is 11.8 Å². The van der Waals surface area contributed by atoms with Crippen LogP contribution in [-0.4, -0.2) is 49.9 Å². The molecule has 0 spiro atoms. The van der Waals surface area contributed by atoms with Gasteiger partial charge in [0.25, 0.3) is 11.8 Å². The van der Waals surface area contributed by atoms with E-state index in [9.17, 15) is 9.59 Å². The van der Waals surface area contributed by atoms with E-state index in [4.69, 9.17) is 0 Å². The molecule has 0 aromatic heterocycles. The molecule has 0 saturated heterocycles. The van der Waals surface area contributed by atoms with Crippen molar-refractivity contribution in [2.24, 2.45) is 4.99 Å². The fraction of sp³-hybridized carbons (Fsp3) is 0.348. The summed E-state index contributed by atoms with van der Waals surface area (Å²) in [5.74, 6) is 0.596. The van der Waals surface area contributed by atoms with Gasteiger partial charge in [-0.15, -0.1) is 0 Å². The molecule has 2 amide bonds. The van der Waals surface area contributed by atoms with Gasteiger partial charge >= 0.3 is 0 Å². The lowest BCUT2D eigenvalue weighted by molar-refractivity contribution is 0.0827. The van der Waals surface area contributed by atoms with Crippen molar-refractivity contribution in [3.8, 4) is 0 Å². The zero-order chi connectivity index (χ0) is 21.9. The molecular formula is C23H31N5O2. The van der Waals surface area contributed by atoms with Crippen LogP contribution < -0.4 is 16.0 Å². The summed E-state index contributed by atoms with van der Waals surface area (Å²) >= 11 is 0. The van der Waals surface area contributed by atoms with Gasteiger partial charge in [0.05, 0.1) is 6.54 Å². The molecule has 0 aliphatic carbocycles. The summed E-state index contributed by atoms with van der Waals surface area (Å²) in [7, 11) is 3.48. The minimum Gasteiger partial charge on any atom is -0.357 e. The van der Waals surface area contributed by atoms with E-state index >= 15 is 0 Å². The van der Waals surface area contributed by atoms with Gasteiger partial charge in [-0.1, -0.05) is 24.3 Å². The summed E-state index contributed by atoms with van der Waals surface area (Å²) in [5, 5.41) is 9.33. The number of rotatable bonds is 8. The van der Waals surface area contributed by atoms with Crippen LogP contribution in [0.15, 0.2) is 53.5 Å². The molecular weight excluding hydrogens is 378 g/mol. The van der Waals surface area contributed by atoms with Crippen LogP contribution in [-0.2, 0) is 13.1 Å². The number of amides is 2. The van der Waals surface area contributed by atoms with Gasteiger partial charge in [0.1, 0.15) is 0 Å². The molecule has 2 aromatic carbocycles. The summed E-state index contributed by atoms with van der Waals surface area (Å²) < 4.78 is 0. The van der Waals surface area contributed by atoms with Crippen LogP contribution in [0.4, 0.5) is 0 Å². The number of carbonyl (C=O) groups is 2. The van der Waals surface area contributed by atoms with E-state index in [0.717, 1.165) is 17.7 Å². The van der Waals surface area contributed by atoms with Crippen molar-refractivity contribution in [1.29, 1.82) is 0 Å². The number of guanidine groups is 1. The molecule has 0 aliphatic heterocycles. The molecule has 0 unspecified atom stereocenters. The monoisotopic (exact) mass is 409 g/mol. The second-order valence-corrected chi connectivity index (χ2v) is 7.01. The second kappa shape index (κ2) is 11.6. The molecule has 0 aliphatic rings. The van der Waals surface area contributed by atoms with Gasteiger partial charge < -0.3 is 20.9 Å². The lowest BCUT2D eigenvalue weighted by Crippen LogP contribution is -2.36. The fourth-order valence-corrected chi connectivity index (χ4v) is 2.79. The van der Waals surface area contributed by atoms with Gasteiger partial charge in [-0.3, -0.25) is 9.59 Å². The van der Waals surface area contributed by atoms with Crippen molar-refractivity contribution in [3.63, 3.8) is 0 Å². The van der Waals surface area contributed by atoms with E-state index in [1.807, 2.05) is 56.3 Å². The van der Waals surface area contributed by atoms with Crippen LogP contribution in [0.1, 0.15) is 45.7 Å². The smallest absolute Gasteiger partial charge is 0.253 e. The van der Waals surface area contributed by atoms with Crippen molar-refractivity contribution in [2.75, 3.05) is 27.2 Å². The number of aliphatic imine (C=N–C) groups is 1. The third-order valence-electron chi connectivity index (χ3n) is 4.36. The second-order valence-electron chi connectivity index (χ2n) is 7.01. The van der Waals surface area contributed by atoms with Crippen LogP contribution in [0.3, 0.4) is 0 Å². The first kappa shape index (κ1) is 22.9. The van der Waals surface area contributed by atoms with Gasteiger partial charge in [0, 0.05) is 44.9 Å². The number of nitrogens with one attached hydrogen (secondary N) is 3. The first-order chi connectivity index (χ1) is 14.4. The van der Waals surface area contributed by atoms with Crippen molar-refractivity contribution in [1.82, 2.24) is 20.9 Å². The lowest BCUT2D eigenvalue weighted by Gasteiger charge is -2.13. The quantitative estimate of drug-likeness (QED) is 0.462. The van der Waals surface area contributed by atoms with Crippen molar-refractivity contribution in [2.45, 2.75) is 26.9 Å². The standard InChI is InChI=1S/C23H31N5O2/c1-5-24-21(29)20-9-7-8-18(14-20)16-27-23(25-6-2)26-15-17-10-12-19(13-11-17)22(30)28(3)4/h7-14H,5-6,15-16H2,1-4H3,(H,24,29)(H2,25,26,27). The molecule has 0 heterocycles. The molecule has 0 fully saturated rings. The first-order valence-electron chi connectivity index (χ1n) is 10.1. The Labute approximate surface area is 178 Å². The zero-order valence-electron chi connectivity index (χ0n) is 18.2. The molecule has 3 N–H and O–H groups in total. The summed E-state index contributed by atoms with van der Waals surface area (Å²) in [6, 6.07) is 15.0. The Hall–Kier alpha value is -3.35. The minimum absolute atomic E-state index is 0.0146. The van der Waals surface area contributed by atoms with E-state index in [2.05, 4.69) is 20.9 Å². The van der Waals surface area contributed by atoms with Crippen molar-refractivity contribution in [3.05, 3.63) is 70.8 Å². The number of hydrogen-bond acceptors (Lipinski definition) is 3. The van der Waals surface area contributed by atoms with Crippen LogP contribution in [0.25, 0.3) is 0 Å². The predicted octanol–water partition coefficient (Wildman–Crippen LogP) is 2.39. The Balaban J connectivity index is 2.00. The zero-order valence-corrected chi connectivity index (χ0v) is 18.2. The number of carbonyl (C=O) groups excluding carboxylic acids is 2. The average molecular weight is 410 g/mol. The fourth-order valence-electron chi connectivity index (χ4n) is 2.79. The summed E-state index contributed by atoms with van der Waals surface area (Å²) in [5.41, 5.74) is 3.31.